The SMILES string of the molecule is CC1(O)CN(C(=O)c2cc3ccccc3c(=O)[nH]2)C1. The van der Waals surface area contributed by atoms with E-state index in [-0.39, 0.29) is 17.2 Å². The molecule has 2 heterocycles. The first-order valence-electron chi connectivity index (χ1n) is 6.10. The molecular formula is C14H14N2O3. The van der Waals surface area contributed by atoms with Crippen LogP contribution in [0.5, 0.6) is 0 Å². The van der Waals surface area contributed by atoms with Gasteiger partial charge in [-0.15, -0.1) is 0 Å². The molecule has 98 valence electrons. The van der Waals surface area contributed by atoms with Crippen molar-refractivity contribution in [1.82, 2.24) is 9.88 Å². The number of carbonyl (C=O) groups is 1. The van der Waals surface area contributed by atoms with Crippen molar-refractivity contribution < 1.29 is 9.90 Å². The lowest BCUT2D eigenvalue weighted by Gasteiger charge is -2.44. The monoisotopic (exact) mass is 258 g/mol. The molecule has 0 atom stereocenters. The van der Waals surface area contributed by atoms with E-state index in [1.807, 2.05) is 6.07 Å². The summed E-state index contributed by atoms with van der Waals surface area (Å²) in [6, 6.07) is 8.80. The van der Waals surface area contributed by atoms with Crippen LogP contribution in [0.15, 0.2) is 35.1 Å². The van der Waals surface area contributed by atoms with Crippen molar-refractivity contribution in [2.24, 2.45) is 0 Å². The summed E-state index contributed by atoms with van der Waals surface area (Å²) in [4.78, 5) is 28.2. The molecule has 0 unspecified atom stereocenters. The fraction of sp³-hybridized carbons (Fsp3) is 0.286. The molecule has 1 saturated heterocycles. The average Bonchev–Trinajstić information content (AvgIpc) is 2.35. The van der Waals surface area contributed by atoms with Gasteiger partial charge >= 0.3 is 0 Å². The lowest BCUT2D eigenvalue weighted by molar-refractivity contribution is -0.0670. The highest BCUT2D eigenvalue weighted by molar-refractivity contribution is 5.96. The largest absolute Gasteiger partial charge is 0.386 e. The topological polar surface area (TPSA) is 73.4 Å². The number of hydrogen-bond donors (Lipinski definition) is 2. The van der Waals surface area contributed by atoms with Gasteiger partial charge in [-0.05, 0) is 24.4 Å². The Morgan fingerprint density at radius 1 is 1.37 bits per heavy atom. The molecule has 2 aromatic rings. The van der Waals surface area contributed by atoms with Crippen molar-refractivity contribution in [1.29, 1.82) is 0 Å². The van der Waals surface area contributed by atoms with E-state index in [0.717, 1.165) is 5.39 Å². The third-order valence-electron chi connectivity index (χ3n) is 3.33. The number of benzene rings is 1. The van der Waals surface area contributed by atoms with Gasteiger partial charge in [-0.3, -0.25) is 9.59 Å². The molecule has 1 aliphatic heterocycles. The summed E-state index contributed by atoms with van der Waals surface area (Å²) >= 11 is 0. The van der Waals surface area contributed by atoms with Gasteiger partial charge in [0.1, 0.15) is 5.69 Å². The second kappa shape index (κ2) is 3.93. The number of amides is 1. The van der Waals surface area contributed by atoms with Crippen LogP contribution in [0.1, 0.15) is 17.4 Å². The molecule has 19 heavy (non-hydrogen) atoms. The first-order chi connectivity index (χ1) is 8.96. The molecule has 0 saturated carbocycles. The minimum absolute atomic E-state index is 0.255. The van der Waals surface area contributed by atoms with Crippen molar-refractivity contribution in [3.05, 3.63) is 46.4 Å². The Morgan fingerprint density at radius 2 is 2.05 bits per heavy atom. The minimum Gasteiger partial charge on any atom is -0.386 e. The van der Waals surface area contributed by atoms with E-state index in [4.69, 9.17) is 0 Å². The molecule has 1 aliphatic rings. The van der Waals surface area contributed by atoms with E-state index in [1.165, 1.54) is 4.90 Å². The van der Waals surface area contributed by atoms with Gasteiger partial charge in [0, 0.05) is 5.39 Å². The number of β-amino-alcohol motifs (C(OH)–C–C–N with tert-alkyl or cyclic N) is 1. The molecule has 0 spiro atoms. The normalized spacial score (nSPS) is 17.3. The number of rotatable bonds is 1. The van der Waals surface area contributed by atoms with E-state index >= 15 is 0 Å². The summed E-state index contributed by atoms with van der Waals surface area (Å²) in [5.41, 5.74) is -0.819. The Kier molecular flexibility index (Phi) is 2.46. The summed E-state index contributed by atoms with van der Waals surface area (Å²) < 4.78 is 0. The molecule has 2 N–H and O–H groups in total. The number of aromatic nitrogens is 1. The molecule has 1 aromatic carbocycles. The number of likely N-dealkylation sites (tertiary alicyclic amines) is 1. The first-order valence-corrected chi connectivity index (χ1v) is 6.10. The number of nitrogens with one attached hydrogen (secondary N) is 1. The highest BCUT2D eigenvalue weighted by atomic mass is 16.3. The van der Waals surface area contributed by atoms with Crippen molar-refractivity contribution in [3.8, 4) is 0 Å². The van der Waals surface area contributed by atoms with Crippen LogP contribution in [0.25, 0.3) is 10.8 Å². The zero-order valence-electron chi connectivity index (χ0n) is 10.5. The quantitative estimate of drug-likeness (QED) is 0.792. The van der Waals surface area contributed by atoms with E-state index in [1.54, 1.807) is 31.2 Å². The van der Waals surface area contributed by atoms with Gasteiger partial charge < -0.3 is 15.0 Å². The molecule has 1 amide bonds. The average molecular weight is 258 g/mol. The van der Waals surface area contributed by atoms with Crippen molar-refractivity contribution >= 4 is 16.7 Å². The summed E-state index contributed by atoms with van der Waals surface area (Å²) in [5.74, 6) is -0.255. The third-order valence-corrected chi connectivity index (χ3v) is 3.33. The van der Waals surface area contributed by atoms with Crippen molar-refractivity contribution in [2.75, 3.05) is 13.1 Å². The van der Waals surface area contributed by atoms with Crippen LogP contribution in [0.3, 0.4) is 0 Å². The second-order valence-electron chi connectivity index (χ2n) is 5.26. The molecule has 3 rings (SSSR count). The Balaban J connectivity index is 1.98. The van der Waals surface area contributed by atoms with Crippen LogP contribution in [0.4, 0.5) is 0 Å². The van der Waals surface area contributed by atoms with Crippen LogP contribution >= 0.6 is 0 Å². The van der Waals surface area contributed by atoms with Gasteiger partial charge in [-0.1, -0.05) is 18.2 Å². The standard InChI is InChI=1S/C14H14N2O3/c1-14(19)7-16(8-14)13(18)11-6-9-4-2-3-5-10(9)12(17)15-11/h2-6,19H,7-8H2,1H3,(H,15,17). The molecule has 5 nitrogen and oxygen atoms in total. The number of fused-ring (bicyclic) bond motifs is 1. The van der Waals surface area contributed by atoms with Crippen molar-refractivity contribution in [2.45, 2.75) is 12.5 Å². The van der Waals surface area contributed by atoms with Gasteiger partial charge in [-0.2, -0.15) is 0 Å². The van der Waals surface area contributed by atoms with Crippen LogP contribution in [-0.4, -0.2) is 39.6 Å². The van der Waals surface area contributed by atoms with Crippen LogP contribution in [-0.2, 0) is 0 Å². The maximum Gasteiger partial charge on any atom is 0.270 e. The van der Waals surface area contributed by atoms with Gasteiger partial charge in [0.05, 0.1) is 18.7 Å². The van der Waals surface area contributed by atoms with Crippen molar-refractivity contribution in [3.63, 3.8) is 0 Å². The van der Waals surface area contributed by atoms with Gasteiger partial charge in [0.25, 0.3) is 11.5 Å². The number of aromatic amines is 1. The molecular weight excluding hydrogens is 244 g/mol. The molecule has 1 fully saturated rings. The summed E-state index contributed by atoms with van der Waals surface area (Å²) in [5, 5.41) is 10.9. The Morgan fingerprint density at radius 3 is 2.74 bits per heavy atom. The fourth-order valence-corrected chi connectivity index (χ4v) is 2.42. The third kappa shape index (κ3) is 2.02. The fourth-order valence-electron chi connectivity index (χ4n) is 2.42. The highest BCUT2D eigenvalue weighted by Gasteiger charge is 2.39. The van der Waals surface area contributed by atoms with E-state index < -0.39 is 5.60 Å². The lowest BCUT2D eigenvalue weighted by Crippen LogP contribution is -2.61. The minimum atomic E-state index is -0.813. The molecule has 0 aliphatic carbocycles. The second-order valence-corrected chi connectivity index (χ2v) is 5.26. The Bertz CT molecular complexity index is 710. The number of nitrogens with zero attached hydrogens (tertiary/aromatic N) is 1. The van der Waals surface area contributed by atoms with E-state index in [9.17, 15) is 14.7 Å². The zero-order valence-corrected chi connectivity index (χ0v) is 10.5. The molecule has 1 aromatic heterocycles. The number of H-pyrrole nitrogens is 1. The molecule has 0 radical (unpaired) electrons. The molecule has 5 heteroatoms. The van der Waals surface area contributed by atoms with Gasteiger partial charge in [-0.25, -0.2) is 0 Å². The van der Waals surface area contributed by atoms with Gasteiger partial charge in [0.2, 0.25) is 0 Å². The van der Waals surface area contributed by atoms with Crippen LogP contribution in [0, 0.1) is 0 Å². The first kappa shape index (κ1) is 11.9. The van der Waals surface area contributed by atoms with E-state index in [2.05, 4.69) is 4.98 Å². The summed E-state index contributed by atoms with van der Waals surface area (Å²) in [7, 11) is 0. The number of pyridine rings is 1. The van der Waals surface area contributed by atoms with Crippen LogP contribution < -0.4 is 5.56 Å². The predicted molar refractivity (Wildman–Crippen MR) is 71.1 cm³/mol. The lowest BCUT2D eigenvalue weighted by atomic mass is 9.96. The summed E-state index contributed by atoms with van der Waals surface area (Å²) in [6.07, 6.45) is 0. The highest BCUT2D eigenvalue weighted by Crippen LogP contribution is 2.22. The van der Waals surface area contributed by atoms with E-state index in [0.29, 0.717) is 18.5 Å². The number of aliphatic hydroxyl groups is 1. The number of carbonyl (C=O) groups excluding carboxylic acids is 1. The van der Waals surface area contributed by atoms with Gasteiger partial charge in [0.15, 0.2) is 0 Å². The summed E-state index contributed by atoms with van der Waals surface area (Å²) in [6.45, 7) is 2.27. The Labute approximate surface area is 109 Å². The Hall–Kier alpha value is -2.14. The zero-order chi connectivity index (χ0) is 13.6. The maximum atomic E-state index is 12.2. The smallest absolute Gasteiger partial charge is 0.270 e. The van der Waals surface area contributed by atoms with Crippen LogP contribution in [0.2, 0.25) is 0 Å². The predicted octanol–water partition coefficient (Wildman–Crippen LogP) is 0.735. The number of hydrogen-bond acceptors (Lipinski definition) is 3. The maximum absolute atomic E-state index is 12.2. The molecule has 0 bridgehead atoms.